The SMILES string of the molecule is c1ccc(-c2nc(-c3ccc4nc(-c5ccccc5)c5cc6c(cc5c4c3)C3(c4ccccc4O6)c4ccccc4-c4ccccc43)c3sc4ccccc4c3n2)cc1. The average molecular weight is 770 g/mol. The summed E-state index contributed by atoms with van der Waals surface area (Å²) in [4.78, 5) is 16.0. The Labute approximate surface area is 343 Å². The molecule has 59 heavy (non-hydrogen) atoms. The number of aromatic nitrogens is 3. The van der Waals surface area contributed by atoms with Gasteiger partial charge in [0.1, 0.15) is 11.5 Å². The van der Waals surface area contributed by atoms with Gasteiger partial charge < -0.3 is 4.74 Å². The van der Waals surface area contributed by atoms with Gasteiger partial charge in [0.2, 0.25) is 0 Å². The quantitative estimate of drug-likeness (QED) is 0.168. The largest absolute Gasteiger partial charge is 0.457 e. The van der Waals surface area contributed by atoms with Crippen molar-refractivity contribution in [1.29, 1.82) is 0 Å². The molecule has 5 heteroatoms. The number of nitrogens with zero attached hydrogens (tertiary/aromatic N) is 3. The Bertz CT molecular complexity index is 3490. The third-order valence-electron chi connectivity index (χ3n) is 12.3. The molecule has 0 bridgehead atoms. The maximum Gasteiger partial charge on any atom is 0.160 e. The van der Waals surface area contributed by atoms with Crippen molar-refractivity contribution in [2.75, 3.05) is 0 Å². The van der Waals surface area contributed by atoms with Gasteiger partial charge in [0.05, 0.1) is 32.5 Å². The Hall–Kier alpha value is -7.47. The maximum atomic E-state index is 6.99. The number of thiophene rings is 1. The van der Waals surface area contributed by atoms with E-state index in [-0.39, 0.29) is 0 Å². The van der Waals surface area contributed by atoms with Crippen molar-refractivity contribution in [3.8, 4) is 56.5 Å². The Morgan fingerprint density at radius 3 is 1.85 bits per heavy atom. The van der Waals surface area contributed by atoms with Crippen molar-refractivity contribution >= 4 is 53.3 Å². The number of rotatable bonds is 3. The molecule has 4 heterocycles. The maximum absolute atomic E-state index is 6.99. The molecule has 2 aliphatic rings. The normalized spacial score (nSPS) is 13.4. The highest BCUT2D eigenvalue weighted by atomic mass is 32.1. The van der Waals surface area contributed by atoms with E-state index in [9.17, 15) is 0 Å². The third kappa shape index (κ3) is 4.56. The van der Waals surface area contributed by atoms with Crippen molar-refractivity contribution < 1.29 is 4.74 Å². The summed E-state index contributed by atoms with van der Waals surface area (Å²) in [5.41, 5.74) is 13.5. The summed E-state index contributed by atoms with van der Waals surface area (Å²) < 4.78 is 9.25. The zero-order valence-corrected chi connectivity index (χ0v) is 32.4. The second kappa shape index (κ2) is 12.3. The lowest BCUT2D eigenvalue weighted by Crippen LogP contribution is -2.32. The number of pyridine rings is 1. The molecule has 8 aromatic carbocycles. The van der Waals surface area contributed by atoms with E-state index in [1.807, 2.05) is 18.2 Å². The highest BCUT2D eigenvalue weighted by molar-refractivity contribution is 7.26. The van der Waals surface area contributed by atoms with Crippen LogP contribution in [0.4, 0.5) is 0 Å². The van der Waals surface area contributed by atoms with Crippen LogP contribution in [-0.2, 0) is 5.41 Å². The van der Waals surface area contributed by atoms with Crippen LogP contribution in [-0.4, -0.2) is 15.0 Å². The van der Waals surface area contributed by atoms with Gasteiger partial charge in [-0.2, -0.15) is 0 Å². The smallest absolute Gasteiger partial charge is 0.160 e. The Morgan fingerprint density at radius 1 is 0.407 bits per heavy atom. The van der Waals surface area contributed by atoms with Gasteiger partial charge in [-0.25, -0.2) is 15.0 Å². The molecular formula is C54H31N3OS. The standard InChI is InChI=1S/C54H31N3OS/c1-3-15-32(16-4-1)49-40-31-47-44(54(43-24-12-13-25-46(43)58-47)41-22-10-7-19-35(41)36-20-8-11-23-42(36)54)30-38(40)39-29-34(27-28-45(39)55-49)50-52-51(37-21-9-14-26-48(37)59-52)57-53(56-50)33-17-5-2-6-18-33/h1-31H. The molecule has 0 saturated carbocycles. The van der Waals surface area contributed by atoms with Crippen LogP contribution in [0.5, 0.6) is 11.5 Å². The van der Waals surface area contributed by atoms with Gasteiger partial charge in [-0.3, -0.25) is 0 Å². The topological polar surface area (TPSA) is 47.9 Å². The molecule has 3 aromatic heterocycles. The van der Waals surface area contributed by atoms with Crippen molar-refractivity contribution in [2.24, 2.45) is 0 Å². The molecule has 1 aliphatic carbocycles. The molecule has 1 spiro atoms. The van der Waals surface area contributed by atoms with Gasteiger partial charge in [-0.1, -0.05) is 152 Å². The summed E-state index contributed by atoms with van der Waals surface area (Å²) in [7, 11) is 0. The van der Waals surface area contributed by atoms with Crippen LogP contribution in [0.3, 0.4) is 0 Å². The fourth-order valence-corrected chi connectivity index (χ4v) is 11.0. The van der Waals surface area contributed by atoms with Gasteiger partial charge in [0, 0.05) is 48.7 Å². The first-order valence-electron chi connectivity index (χ1n) is 19.9. The minimum absolute atomic E-state index is 0.591. The van der Waals surface area contributed by atoms with Crippen LogP contribution in [0.2, 0.25) is 0 Å². The second-order valence-corrected chi connectivity index (χ2v) is 16.5. The Balaban J connectivity index is 1.15. The number of fused-ring (bicyclic) bond motifs is 15. The molecule has 4 nitrogen and oxygen atoms in total. The first kappa shape index (κ1) is 32.6. The van der Waals surface area contributed by atoms with Crippen molar-refractivity contribution in [1.82, 2.24) is 15.0 Å². The predicted molar refractivity (Wildman–Crippen MR) is 241 cm³/mol. The first-order chi connectivity index (χ1) is 29.2. The fourth-order valence-electron chi connectivity index (χ4n) is 9.82. The lowest BCUT2D eigenvalue weighted by atomic mass is 9.65. The molecule has 0 unspecified atom stereocenters. The Kier molecular flexibility index (Phi) is 6.78. The van der Waals surface area contributed by atoms with Gasteiger partial charge in [0.25, 0.3) is 0 Å². The number of hydrogen-bond donors (Lipinski definition) is 0. The van der Waals surface area contributed by atoms with Crippen molar-refractivity contribution in [3.05, 3.63) is 210 Å². The highest BCUT2D eigenvalue weighted by Gasteiger charge is 2.51. The number of hydrogen-bond acceptors (Lipinski definition) is 5. The molecule has 1 aliphatic heterocycles. The van der Waals surface area contributed by atoms with E-state index >= 15 is 0 Å². The molecule has 11 aromatic rings. The van der Waals surface area contributed by atoms with Crippen molar-refractivity contribution in [3.63, 3.8) is 0 Å². The van der Waals surface area contributed by atoms with E-state index in [0.29, 0.717) is 5.82 Å². The van der Waals surface area contributed by atoms with E-state index < -0.39 is 5.41 Å². The molecule has 0 amide bonds. The van der Waals surface area contributed by atoms with Crippen LogP contribution in [0.1, 0.15) is 22.3 Å². The summed E-state index contributed by atoms with van der Waals surface area (Å²) >= 11 is 1.75. The van der Waals surface area contributed by atoms with Gasteiger partial charge in [-0.05, 0) is 64.0 Å². The van der Waals surface area contributed by atoms with Crippen LogP contribution >= 0.6 is 11.3 Å². The van der Waals surface area contributed by atoms with E-state index in [1.165, 1.54) is 27.0 Å². The molecule has 13 rings (SSSR count). The average Bonchev–Trinajstić information content (AvgIpc) is 3.83. The Morgan fingerprint density at radius 2 is 1.07 bits per heavy atom. The number of para-hydroxylation sites is 1. The minimum atomic E-state index is -0.591. The van der Waals surface area contributed by atoms with E-state index in [2.05, 4.69) is 170 Å². The van der Waals surface area contributed by atoms with Crippen LogP contribution in [0.25, 0.3) is 87.0 Å². The van der Waals surface area contributed by atoms with E-state index in [0.717, 1.165) is 88.0 Å². The van der Waals surface area contributed by atoms with Gasteiger partial charge in [0.15, 0.2) is 5.82 Å². The van der Waals surface area contributed by atoms with Crippen LogP contribution in [0, 0.1) is 0 Å². The number of benzene rings is 8. The molecule has 0 fully saturated rings. The molecule has 0 saturated heterocycles. The lowest BCUT2D eigenvalue weighted by molar-refractivity contribution is 0.437. The summed E-state index contributed by atoms with van der Waals surface area (Å²) in [6, 6.07) is 67.0. The third-order valence-corrected chi connectivity index (χ3v) is 13.5. The molecule has 274 valence electrons. The van der Waals surface area contributed by atoms with E-state index in [1.54, 1.807) is 11.3 Å². The zero-order valence-electron chi connectivity index (χ0n) is 31.6. The van der Waals surface area contributed by atoms with Gasteiger partial charge in [-0.15, -0.1) is 11.3 Å². The molecular weight excluding hydrogens is 739 g/mol. The summed E-state index contributed by atoms with van der Waals surface area (Å²) in [6.45, 7) is 0. The minimum Gasteiger partial charge on any atom is -0.457 e. The second-order valence-electron chi connectivity index (χ2n) is 15.4. The van der Waals surface area contributed by atoms with E-state index in [4.69, 9.17) is 19.7 Å². The zero-order chi connectivity index (χ0) is 38.7. The first-order valence-corrected chi connectivity index (χ1v) is 20.7. The summed E-state index contributed by atoms with van der Waals surface area (Å²) in [5, 5.41) is 4.35. The molecule has 0 atom stereocenters. The lowest BCUT2D eigenvalue weighted by Gasteiger charge is -2.39. The monoisotopic (exact) mass is 769 g/mol. The summed E-state index contributed by atoms with van der Waals surface area (Å²) in [6.07, 6.45) is 0. The van der Waals surface area contributed by atoms with Gasteiger partial charge >= 0.3 is 0 Å². The van der Waals surface area contributed by atoms with Crippen molar-refractivity contribution in [2.45, 2.75) is 5.41 Å². The van der Waals surface area contributed by atoms with Crippen LogP contribution in [0.15, 0.2) is 188 Å². The van der Waals surface area contributed by atoms with Crippen LogP contribution < -0.4 is 4.74 Å². The fraction of sp³-hybridized carbons (Fsp3) is 0.0185. The molecule has 0 N–H and O–H groups in total. The predicted octanol–water partition coefficient (Wildman–Crippen LogP) is 14.0. The highest BCUT2D eigenvalue weighted by Crippen LogP contribution is 2.62. The summed E-state index contributed by atoms with van der Waals surface area (Å²) in [5.74, 6) is 2.42. The number of ether oxygens (including phenoxy) is 1. The molecule has 0 radical (unpaired) electrons.